The summed E-state index contributed by atoms with van der Waals surface area (Å²) >= 11 is 3.10. The van der Waals surface area contributed by atoms with Gasteiger partial charge in [-0.3, -0.25) is 4.79 Å². The maximum absolute atomic E-state index is 11.6. The van der Waals surface area contributed by atoms with Gasteiger partial charge in [-0.25, -0.2) is 0 Å². The Morgan fingerprint density at radius 3 is 2.89 bits per heavy atom. The van der Waals surface area contributed by atoms with Crippen molar-refractivity contribution < 1.29 is 4.79 Å². The van der Waals surface area contributed by atoms with Crippen LogP contribution in [0.4, 0.5) is 5.00 Å². The van der Waals surface area contributed by atoms with Gasteiger partial charge in [0.25, 0.3) is 0 Å². The minimum absolute atomic E-state index is 0.0739. The molecule has 0 fully saturated rings. The number of aryl methyl sites for hydroxylation is 1. The van der Waals surface area contributed by atoms with Gasteiger partial charge in [0, 0.05) is 4.88 Å². The Labute approximate surface area is 115 Å². The Hall–Kier alpha value is -1.20. The summed E-state index contributed by atoms with van der Waals surface area (Å²) in [7, 11) is 0. The van der Waals surface area contributed by atoms with Gasteiger partial charge in [-0.2, -0.15) is 4.37 Å². The van der Waals surface area contributed by atoms with Crippen molar-refractivity contribution in [1.82, 2.24) is 4.37 Å². The van der Waals surface area contributed by atoms with Crippen molar-refractivity contribution in [1.29, 1.82) is 0 Å². The van der Waals surface area contributed by atoms with Crippen molar-refractivity contribution in [2.75, 3.05) is 5.32 Å². The first kappa shape index (κ1) is 13.2. The standard InChI is InChI=1S/C13H16N2OS2/c1-4-10(11-6-5-7-17-11)14-13-12(9(3)16)8(2)15-18-13/h5-7,10,14H,4H2,1-3H3. The monoisotopic (exact) mass is 280 g/mol. The molecule has 5 heteroatoms. The zero-order chi connectivity index (χ0) is 13.1. The summed E-state index contributed by atoms with van der Waals surface area (Å²) in [5, 5.41) is 6.41. The molecule has 0 radical (unpaired) electrons. The van der Waals surface area contributed by atoms with Crippen molar-refractivity contribution in [3.8, 4) is 0 Å². The lowest BCUT2D eigenvalue weighted by Gasteiger charge is -2.16. The molecule has 1 unspecified atom stereocenters. The number of nitrogens with zero attached hydrogens (tertiary/aromatic N) is 1. The molecule has 0 aliphatic heterocycles. The number of rotatable bonds is 5. The quantitative estimate of drug-likeness (QED) is 0.831. The van der Waals surface area contributed by atoms with Gasteiger partial charge in [-0.1, -0.05) is 13.0 Å². The number of anilines is 1. The number of nitrogens with one attached hydrogen (secondary N) is 1. The van der Waals surface area contributed by atoms with Crippen LogP contribution in [0.2, 0.25) is 0 Å². The van der Waals surface area contributed by atoms with Crippen LogP contribution in [0.5, 0.6) is 0 Å². The molecular formula is C13H16N2OS2. The highest BCUT2D eigenvalue weighted by Gasteiger charge is 2.18. The van der Waals surface area contributed by atoms with Gasteiger partial charge in [-0.05, 0) is 43.2 Å². The van der Waals surface area contributed by atoms with Crippen LogP contribution in [0, 0.1) is 6.92 Å². The van der Waals surface area contributed by atoms with Gasteiger partial charge in [0.1, 0.15) is 5.00 Å². The van der Waals surface area contributed by atoms with Gasteiger partial charge < -0.3 is 5.32 Å². The summed E-state index contributed by atoms with van der Waals surface area (Å²) in [6, 6.07) is 4.42. The fraction of sp³-hybridized carbons (Fsp3) is 0.385. The molecule has 1 atom stereocenters. The SMILES string of the molecule is CCC(Nc1snc(C)c1C(C)=O)c1cccs1. The second-order valence-electron chi connectivity index (χ2n) is 4.15. The Morgan fingerprint density at radius 2 is 2.33 bits per heavy atom. The summed E-state index contributed by atoms with van der Waals surface area (Å²) in [6.07, 6.45) is 0.981. The molecule has 2 aromatic rings. The Balaban J connectivity index is 2.25. The van der Waals surface area contributed by atoms with Crippen molar-refractivity contribution in [3.05, 3.63) is 33.6 Å². The highest BCUT2D eigenvalue weighted by atomic mass is 32.1. The van der Waals surface area contributed by atoms with E-state index in [0.29, 0.717) is 0 Å². The van der Waals surface area contributed by atoms with E-state index in [0.717, 1.165) is 22.7 Å². The van der Waals surface area contributed by atoms with E-state index in [1.807, 2.05) is 13.0 Å². The van der Waals surface area contributed by atoms with Gasteiger partial charge >= 0.3 is 0 Å². The van der Waals surface area contributed by atoms with Crippen LogP contribution in [0.1, 0.15) is 47.2 Å². The van der Waals surface area contributed by atoms with Crippen LogP contribution < -0.4 is 5.32 Å². The molecular weight excluding hydrogens is 264 g/mol. The molecule has 0 aromatic carbocycles. The van der Waals surface area contributed by atoms with Crippen LogP contribution >= 0.6 is 22.9 Å². The first-order chi connectivity index (χ1) is 8.63. The normalized spacial score (nSPS) is 12.4. The number of aromatic nitrogens is 1. The van der Waals surface area contributed by atoms with Crippen LogP contribution in [0.25, 0.3) is 0 Å². The molecule has 2 rings (SSSR count). The molecule has 0 aliphatic rings. The number of ketones is 1. The molecule has 3 nitrogen and oxygen atoms in total. The highest BCUT2D eigenvalue weighted by molar-refractivity contribution is 7.11. The van der Waals surface area contributed by atoms with Crippen LogP contribution in [0.3, 0.4) is 0 Å². The van der Waals surface area contributed by atoms with Crippen LogP contribution in [0.15, 0.2) is 17.5 Å². The Kier molecular flexibility index (Phi) is 4.14. The topological polar surface area (TPSA) is 42.0 Å². The number of hydrogen-bond acceptors (Lipinski definition) is 5. The van der Waals surface area contributed by atoms with E-state index in [2.05, 4.69) is 28.1 Å². The van der Waals surface area contributed by atoms with Gasteiger partial charge in [0.15, 0.2) is 5.78 Å². The second-order valence-corrected chi connectivity index (χ2v) is 5.90. The van der Waals surface area contributed by atoms with E-state index < -0.39 is 0 Å². The third-order valence-corrected chi connectivity index (χ3v) is 4.67. The summed E-state index contributed by atoms with van der Waals surface area (Å²) in [5.74, 6) is 0.0739. The summed E-state index contributed by atoms with van der Waals surface area (Å²) in [4.78, 5) is 12.9. The summed E-state index contributed by atoms with van der Waals surface area (Å²) in [5.41, 5.74) is 1.55. The van der Waals surface area contributed by atoms with Gasteiger partial charge in [0.05, 0.1) is 17.3 Å². The average molecular weight is 280 g/mol. The lowest BCUT2D eigenvalue weighted by atomic mass is 10.1. The molecule has 0 saturated carbocycles. The maximum atomic E-state index is 11.6. The number of carbonyl (C=O) groups is 1. The highest BCUT2D eigenvalue weighted by Crippen LogP contribution is 2.31. The number of carbonyl (C=O) groups excluding carboxylic acids is 1. The zero-order valence-corrected chi connectivity index (χ0v) is 12.3. The Bertz CT molecular complexity index is 531. The number of hydrogen-bond donors (Lipinski definition) is 1. The first-order valence-corrected chi connectivity index (χ1v) is 7.56. The van der Waals surface area contributed by atoms with E-state index in [-0.39, 0.29) is 11.8 Å². The van der Waals surface area contributed by atoms with E-state index in [9.17, 15) is 4.79 Å². The predicted molar refractivity (Wildman–Crippen MR) is 77.8 cm³/mol. The van der Waals surface area contributed by atoms with Crippen molar-refractivity contribution in [2.24, 2.45) is 0 Å². The van der Waals surface area contributed by atoms with Crippen molar-refractivity contribution in [3.63, 3.8) is 0 Å². The molecule has 18 heavy (non-hydrogen) atoms. The lowest BCUT2D eigenvalue weighted by Crippen LogP contribution is -2.09. The maximum Gasteiger partial charge on any atom is 0.164 e. The van der Waals surface area contributed by atoms with Gasteiger partial charge in [-0.15, -0.1) is 11.3 Å². The van der Waals surface area contributed by atoms with Gasteiger partial charge in [0.2, 0.25) is 0 Å². The molecule has 0 spiro atoms. The molecule has 0 bridgehead atoms. The predicted octanol–water partition coefficient (Wildman–Crippen LogP) is 4.28. The summed E-state index contributed by atoms with van der Waals surface area (Å²) in [6.45, 7) is 5.61. The fourth-order valence-corrected chi connectivity index (χ4v) is 3.66. The molecule has 0 aliphatic carbocycles. The van der Waals surface area contributed by atoms with E-state index in [1.54, 1.807) is 18.3 Å². The molecule has 96 valence electrons. The first-order valence-electron chi connectivity index (χ1n) is 5.90. The molecule has 2 aromatic heterocycles. The minimum Gasteiger partial charge on any atom is -0.367 e. The largest absolute Gasteiger partial charge is 0.367 e. The molecule has 0 amide bonds. The fourth-order valence-electron chi connectivity index (χ4n) is 1.91. The Morgan fingerprint density at radius 1 is 1.56 bits per heavy atom. The zero-order valence-electron chi connectivity index (χ0n) is 10.7. The molecule has 1 N–H and O–H groups in total. The average Bonchev–Trinajstić information content (AvgIpc) is 2.95. The van der Waals surface area contributed by atoms with E-state index in [1.165, 1.54) is 16.4 Å². The third-order valence-electron chi connectivity index (χ3n) is 2.81. The minimum atomic E-state index is 0.0739. The molecule has 2 heterocycles. The third kappa shape index (κ3) is 2.62. The van der Waals surface area contributed by atoms with Crippen LogP contribution in [-0.4, -0.2) is 10.2 Å². The van der Waals surface area contributed by atoms with Crippen molar-refractivity contribution >= 4 is 33.7 Å². The van der Waals surface area contributed by atoms with E-state index >= 15 is 0 Å². The van der Waals surface area contributed by atoms with Crippen molar-refractivity contribution in [2.45, 2.75) is 33.2 Å². The lowest BCUT2D eigenvalue weighted by molar-refractivity contribution is 0.101. The van der Waals surface area contributed by atoms with E-state index in [4.69, 9.17) is 0 Å². The second kappa shape index (κ2) is 5.63. The number of Topliss-reactive ketones (excluding diaryl/α,β-unsaturated/α-hetero) is 1. The molecule has 0 saturated heterocycles. The summed E-state index contributed by atoms with van der Waals surface area (Å²) < 4.78 is 4.27. The smallest absolute Gasteiger partial charge is 0.164 e. The number of thiophene rings is 1. The van der Waals surface area contributed by atoms with Crippen LogP contribution in [-0.2, 0) is 0 Å².